The summed E-state index contributed by atoms with van der Waals surface area (Å²) >= 11 is 0. The molecule has 0 spiro atoms. The van der Waals surface area contributed by atoms with E-state index in [-0.39, 0.29) is 0 Å². The maximum absolute atomic E-state index is 10.9. The summed E-state index contributed by atoms with van der Waals surface area (Å²) in [7, 11) is 0. The van der Waals surface area contributed by atoms with E-state index >= 15 is 0 Å². The van der Waals surface area contributed by atoms with Crippen molar-refractivity contribution in [1.82, 2.24) is 4.98 Å². The molecule has 2 aliphatic rings. The fourth-order valence-electron chi connectivity index (χ4n) is 2.10. The molecule has 2 aliphatic carbocycles. The predicted octanol–water partition coefficient (Wildman–Crippen LogP) is 2.16. The zero-order chi connectivity index (χ0) is 11.8. The third-order valence-corrected chi connectivity index (χ3v) is 3.43. The first-order chi connectivity index (χ1) is 8.24. The normalized spacial score (nSPS) is 19.1. The second-order valence-electron chi connectivity index (χ2n) is 5.03. The van der Waals surface area contributed by atoms with E-state index in [1.54, 1.807) is 18.3 Å². The Morgan fingerprint density at radius 1 is 1.41 bits per heavy atom. The molecule has 1 heterocycles. The van der Waals surface area contributed by atoms with Crippen LogP contribution in [0.4, 0.5) is 5.82 Å². The van der Waals surface area contributed by atoms with Crippen LogP contribution in [0.15, 0.2) is 18.3 Å². The van der Waals surface area contributed by atoms with Crippen LogP contribution in [0.3, 0.4) is 0 Å². The van der Waals surface area contributed by atoms with Gasteiger partial charge in [0.05, 0.1) is 5.56 Å². The summed E-state index contributed by atoms with van der Waals surface area (Å²) in [4.78, 5) is 17.6. The van der Waals surface area contributed by atoms with Crippen molar-refractivity contribution in [3.63, 3.8) is 0 Å². The van der Waals surface area contributed by atoms with Gasteiger partial charge >= 0.3 is 5.97 Å². The number of carboxylic acids is 1. The van der Waals surface area contributed by atoms with Crippen LogP contribution in [-0.2, 0) is 0 Å². The van der Waals surface area contributed by atoms with Crippen LogP contribution in [-0.4, -0.2) is 28.6 Å². The molecule has 2 fully saturated rings. The van der Waals surface area contributed by atoms with Gasteiger partial charge in [-0.05, 0) is 43.7 Å². The Bertz CT molecular complexity index is 439. The Kier molecular flexibility index (Phi) is 2.50. The number of pyridine rings is 1. The topological polar surface area (TPSA) is 53.4 Å². The maximum atomic E-state index is 10.9. The standard InChI is InChI=1S/C13H16N2O2/c16-13(17)10-5-6-14-12(7-10)15(11-3-4-11)8-9-1-2-9/h5-7,9,11H,1-4,8H2,(H,16,17). The zero-order valence-corrected chi connectivity index (χ0v) is 9.67. The van der Waals surface area contributed by atoms with Crippen LogP contribution in [0.5, 0.6) is 0 Å². The van der Waals surface area contributed by atoms with Crippen molar-refractivity contribution in [2.24, 2.45) is 5.92 Å². The van der Waals surface area contributed by atoms with E-state index in [9.17, 15) is 4.79 Å². The maximum Gasteiger partial charge on any atom is 0.335 e. The van der Waals surface area contributed by atoms with Crippen molar-refractivity contribution < 1.29 is 9.90 Å². The third kappa shape index (κ3) is 2.40. The fraction of sp³-hybridized carbons (Fsp3) is 0.538. The molecule has 0 aromatic carbocycles. The number of hydrogen-bond acceptors (Lipinski definition) is 3. The lowest BCUT2D eigenvalue weighted by Gasteiger charge is -2.23. The van der Waals surface area contributed by atoms with Gasteiger partial charge in [0.2, 0.25) is 0 Å². The van der Waals surface area contributed by atoms with Gasteiger partial charge in [0.25, 0.3) is 0 Å². The van der Waals surface area contributed by atoms with Crippen molar-refractivity contribution in [2.75, 3.05) is 11.4 Å². The van der Waals surface area contributed by atoms with E-state index in [0.717, 1.165) is 18.3 Å². The van der Waals surface area contributed by atoms with Crippen LogP contribution in [0.25, 0.3) is 0 Å². The van der Waals surface area contributed by atoms with Crippen molar-refractivity contribution in [2.45, 2.75) is 31.7 Å². The minimum Gasteiger partial charge on any atom is -0.478 e. The van der Waals surface area contributed by atoms with Gasteiger partial charge in [0, 0.05) is 18.8 Å². The van der Waals surface area contributed by atoms with Gasteiger partial charge in [-0.25, -0.2) is 9.78 Å². The second kappa shape index (κ2) is 4.02. The minimum absolute atomic E-state index is 0.330. The largest absolute Gasteiger partial charge is 0.478 e. The van der Waals surface area contributed by atoms with Gasteiger partial charge < -0.3 is 10.0 Å². The van der Waals surface area contributed by atoms with Gasteiger partial charge in [-0.1, -0.05) is 0 Å². The molecule has 17 heavy (non-hydrogen) atoms. The van der Waals surface area contributed by atoms with Gasteiger partial charge in [0.1, 0.15) is 5.82 Å². The highest BCUT2D eigenvalue weighted by atomic mass is 16.4. The number of carboxylic acid groups (broad SMARTS) is 1. The van der Waals surface area contributed by atoms with Crippen LogP contribution >= 0.6 is 0 Å². The van der Waals surface area contributed by atoms with Crippen LogP contribution < -0.4 is 4.90 Å². The minimum atomic E-state index is -0.879. The summed E-state index contributed by atoms with van der Waals surface area (Å²) in [5.74, 6) is 0.751. The molecule has 1 aromatic heterocycles. The molecule has 0 radical (unpaired) electrons. The molecule has 2 saturated carbocycles. The molecular weight excluding hydrogens is 216 g/mol. The number of nitrogens with zero attached hydrogens (tertiary/aromatic N) is 2. The second-order valence-corrected chi connectivity index (χ2v) is 5.03. The fourth-order valence-corrected chi connectivity index (χ4v) is 2.10. The number of aromatic nitrogens is 1. The van der Waals surface area contributed by atoms with Crippen molar-refractivity contribution >= 4 is 11.8 Å². The Morgan fingerprint density at radius 3 is 2.76 bits per heavy atom. The highest BCUT2D eigenvalue weighted by Gasteiger charge is 2.34. The van der Waals surface area contributed by atoms with Gasteiger partial charge in [0.15, 0.2) is 0 Å². The number of rotatable bonds is 5. The number of hydrogen-bond donors (Lipinski definition) is 1. The zero-order valence-electron chi connectivity index (χ0n) is 9.67. The molecule has 90 valence electrons. The molecule has 4 heteroatoms. The summed E-state index contributed by atoms with van der Waals surface area (Å²) in [6, 6.07) is 3.84. The Morgan fingerprint density at radius 2 is 2.18 bits per heavy atom. The molecule has 1 N–H and O–H groups in total. The first kappa shape index (κ1) is 10.6. The SMILES string of the molecule is O=C(O)c1ccnc(N(CC2CC2)C2CC2)c1. The number of aromatic carboxylic acids is 1. The average Bonchev–Trinajstić information content (AvgIpc) is 3.18. The average molecular weight is 232 g/mol. The molecule has 0 bridgehead atoms. The highest BCUT2D eigenvalue weighted by Crippen LogP contribution is 2.37. The first-order valence-electron chi connectivity index (χ1n) is 6.20. The summed E-state index contributed by atoms with van der Waals surface area (Å²) in [6.45, 7) is 1.04. The van der Waals surface area contributed by atoms with E-state index in [2.05, 4.69) is 9.88 Å². The monoisotopic (exact) mass is 232 g/mol. The molecule has 0 amide bonds. The first-order valence-corrected chi connectivity index (χ1v) is 6.20. The Balaban J connectivity index is 1.83. The highest BCUT2D eigenvalue weighted by molar-refractivity contribution is 5.88. The van der Waals surface area contributed by atoms with Gasteiger partial charge in [-0.2, -0.15) is 0 Å². The molecule has 0 unspecified atom stereocenters. The molecular formula is C13H16N2O2. The van der Waals surface area contributed by atoms with Crippen LogP contribution in [0.1, 0.15) is 36.0 Å². The number of carbonyl (C=O) groups is 1. The summed E-state index contributed by atoms with van der Waals surface area (Å²) in [6.07, 6.45) is 6.64. The van der Waals surface area contributed by atoms with E-state index in [0.29, 0.717) is 11.6 Å². The Labute approximate surface area is 100 Å². The quantitative estimate of drug-likeness (QED) is 0.845. The van der Waals surface area contributed by atoms with Gasteiger partial charge in [-0.3, -0.25) is 0 Å². The predicted molar refractivity (Wildman–Crippen MR) is 64.3 cm³/mol. The molecule has 1 aromatic rings. The van der Waals surface area contributed by atoms with E-state index in [1.807, 2.05) is 0 Å². The molecule has 0 saturated heterocycles. The van der Waals surface area contributed by atoms with Crippen molar-refractivity contribution in [3.8, 4) is 0 Å². The summed E-state index contributed by atoms with van der Waals surface area (Å²) in [5, 5.41) is 8.99. The molecule has 0 atom stereocenters. The lowest BCUT2D eigenvalue weighted by atomic mass is 10.2. The molecule has 3 rings (SSSR count). The van der Waals surface area contributed by atoms with Crippen LogP contribution in [0.2, 0.25) is 0 Å². The van der Waals surface area contributed by atoms with E-state index in [1.165, 1.54) is 25.7 Å². The van der Waals surface area contributed by atoms with E-state index < -0.39 is 5.97 Å². The summed E-state index contributed by atoms with van der Waals surface area (Å²) < 4.78 is 0. The van der Waals surface area contributed by atoms with Crippen LogP contribution in [0, 0.1) is 5.92 Å². The molecule has 0 aliphatic heterocycles. The Hall–Kier alpha value is -1.58. The lowest BCUT2D eigenvalue weighted by Crippen LogP contribution is -2.29. The van der Waals surface area contributed by atoms with Gasteiger partial charge in [-0.15, -0.1) is 0 Å². The summed E-state index contributed by atoms with van der Waals surface area (Å²) in [5.41, 5.74) is 0.330. The lowest BCUT2D eigenvalue weighted by molar-refractivity contribution is 0.0697. The number of anilines is 1. The van der Waals surface area contributed by atoms with E-state index in [4.69, 9.17) is 5.11 Å². The smallest absolute Gasteiger partial charge is 0.335 e. The molecule has 4 nitrogen and oxygen atoms in total. The van der Waals surface area contributed by atoms with Crippen molar-refractivity contribution in [1.29, 1.82) is 0 Å². The van der Waals surface area contributed by atoms with Crippen molar-refractivity contribution in [3.05, 3.63) is 23.9 Å². The third-order valence-electron chi connectivity index (χ3n) is 3.43.